The molecule has 2 aromatic rings. The van der Waals surface area contributed by atoms with Gasteiger partial charge in [0.1, 0.15) is 0 Å². The number of aliphatic hydroxyl groups is 1. The molecule has 0 spiro atoms. The number of rotatable bonds is 4. The zero-order valence-electron chi connectivity index (χ0n) is 10.5. The number of amides is 1. The van der Waals surface area contributed by atoms with Gasteiger partial charge in [-0.25, -0.2) is 0 Å². The normalized spacial score (nSPS) is 12.9. The molecule has 0 bridgehead atoms. The minimum atomic E-state index is -0.522. The van der Waals surface area contributed by atoms with Gasteiger partial charge >= 0.3 is 0 Å². The van der Waals surface area contributed by atoms with Crippen LogP contribution in [0.25, 0.3) is 10.9 Å². The van der Waals surface area contributed by atoms with Gasteiger partial charge in [-0.1, -0.05) is 13.8 Å². The molecule has 1 aromatic heterocycles. The number of carbonyl (C=O) groups excluding carboxylic acids is 1. The lowest BCUT2D eigenvalue weighted by Gasteiger charge is -2.15. The summed E-state index contributed by atoms with van der Waals surface area (Å²) in [5.74, 6) is -0.0561. The van der Waals surface area contributed by atoms with Crippen molar-refractivity contribution in [3.63, 3.8) is 0 Å². The van der Waals surface area contributed by atoms with Crippen LogP contribution in [-0.4, -0.2) is 33.9 Å². The van der Waals surface area contributed by atoms with Crippen LogP contribution in [0.1, 0.15) is 24.2 Å². The zero-order valence-corrected chi connectivity index (χ0v) is 10.5. The van der Waals surface area contributed by atoms with Crippen molar-refractivity contribution in [1.82, 2.24) is 15.5 Å². The van der Waals surface area contributed by atoms with Crippen molar-refractivity contribution in [1.29, 1.82) is 0 Å². The fourth-order valence-electron chi connectivity index (χ4n) is 1.62. The summed E-state index contributed by atoms with van der Waals surface area (Å²) in [6.45, 7) is 4.09. The molecule has 0 fully saturated rings. The van der Waals surface area contributed by atoms with E-state index in [2.05, 4.69) is 15.5 Å². The molecule has 0 aliphatic rings. The van der Waals surface area contributed by atoms with Crippen molar-refractivity contribution in [2.75, 3.05) is 6.54 Å². The number of nitrogens with one attached hydrogen (secondary N) is 2. The first-order valence-corrected chi connectivity index (χ1v) is 5.97. The quantitative estimate of drug-likeness (QED) is 0.762. The third kappa shape index (κ3) is 2.68. The highest BCUT2D eigenvalue weighted by Gasteiger charge is 2.12. The second kappa shape index (κ2) is 5.18. The van der Waals surface area contributed by atoms with Crippen LogP contribution >= 0.6 is 0 Å². The number of hydrogen-bond acceptors (Lipinski definition) is 3. The Morgan fingerprint density at radius 1 is 1.50 bits per heavy atom. The first kappa shape index (κ1) is 12.6. The maximum absolute atomic E-state index is 11.9. The van der Waals surface area contributed by atoms with Gasteiger partial charge in [-0.05, 0) is 24.1 Å². The molecule has 0 saturated carbocycles. The molecular formula is C13H17N3O2. The molecule has 0 saturated heterocycles. The maximum atomic E-state index is 11.9. The Hall–Kier alpha value is -1.88. The minimum absolute atomic E-state index is 0.127. The molecule has 1 heterocycles. The predicted octanol–water partition coefficient (Wildman–Crippen LogP) is 1.31. The first-order valence-electron chi connectivity index (χ1n) is 5.97. The standard InChI is InChI=1S/C13H17N3O2/c1-8(2)12(17)7-14-13(18)9-3-4-11-10(5-9)6-15-16-11/h3-6,8,12,17H,7H2,1-2H3,(H,14,18)(H,15,16). The van der Waals surface area contributed by atoms with Crippen LogP contribution in [0.4, 0.5) is 0 Å². The van der Waals surface area contributed by atoms with E-state index in [1.165, 1.54) is 0 Å². The average molecular weight is 247 g/mol. The van der Waals surface area contributed by atoms with Gasteiger partial charge < -0.3 is 10.4 Å². The summed E-state index contributed by atoms with van der Waals surface area (Å²) >= 11 is 0. The third-order valence-corrected chi connectivity index (χ3v) is 2.94. The van der Waals surface area contributed by atoms with E-state index in [4.69, 9.17) is 0 Å². The van der Waals surface area contributed by atoms with Crippen LogP contribution in [0, 0.1) is 5.92 Å². The summed E-state index contributed by atoms with van der Waals surface area (Å²) in [5, 5.41) is 20.0. The highest BCUT2D eigenvalue weighted by atomic mass is 16.3. The number of aliphatic hydroxyl groups excluding tert-OH is 1. The Kier molecular flexibility index (Phi) is 3.62. The average Bonchev–Trinajstić information content (AvgIpc) is 2.82. The molecule has 1 atom stereocenters. The van der Waals surface area contributed by atoms with Crippen molar-refractivity contribution in [2.45, 2.75) is 20.0 Å². The monoisotopic (exact) mass is 247 g/mol. The molecule has 1 aromatic carbocycles. The Morgan fingerprint density at radius 3 is 3.00 bits per heavy atom. The number of benzene rings is 1. The van der Waals surface area contributed by atoms with E-state index in [0.717, 1.165) is 10.9 Å². The second-order valence-corrected chi connectivity index (χ2v) is 4.69. The fraction of sp³-hybridized carbons (Fsp3) is 0.385. The summed E-state index contributed by atoms with van der Waals surface area (Å²) < 4.78 is 0. The lowest BCUT2D eigenvalue weighted by Crippen LogP contribution is -2.34. The summed E-state index contributed by atoms with van der Waals surface area (Å²) in [5.41, 5.74) is 1.47. The number of aromatic nitrogens is 2. The van der Waals surface area contributed by atoms with E-state index in [9.17, 15) is 9.90 Å². The van der Waals surface area contributed by atoms with Gasteiger partial charge in [0, 0.05) is 17.5 Å². The topological polar surface area (TPSA) is 78.0 Å². The van der Waals surface area contributed by atoms with Crippen molar-refractivity contribution in [3.8, 4) is 0 Å². The van der Waals surface area contributed by atoms with E-state index in [-0.39, 0.29) is 18.4 Å². The predicted molar refractivity (Wildman–Crippen MR) is 69.3 cm³/mol. The molecule has 0 aliphatic carbocycles. The number of carbonyl (C=O) groups is 1. The molecule has 0 aliphatic heterocycles. The van der Waals surface area contributed by atoms with Crippen LogP contribution in [0.5, 0.6) is 0 Å². The summed E-state index contributed by atoms with van der Waals surface area (Å²) in [4.78, 5) is 11.9. The third-order valence-electron chi connectivity index (χ3n) is 2.94. The molecule has 5 nitrogen and oxygen atoms in total. The smallest absolute Gasteiger partial charge is 0.251 e. The van der Waals surface area contributed by atoms with E-state index < -0.39 is 6.10 Å². The van der Waals surface area contributed by atoms with Gasteiger partial charge in [-0.2, -0.15) is 5.10 Å². The number of fused-ring (bicyclic) bond motifs is 1. The molecule has 1 unspecified atom stereocenters. The molecule has 0 radical (unpaired) electrons. The Balaban J connectivity index is 2.04. The van der Waals surface area contributed by atoms with Gasteiger partial charge in [-0.15, -0.1) is 0 Å². The lowest BCUT2D eigenvalue weighted by atomic mass is 10.1. The Labute approximate surface area is 105 Å². The number of nitrogens with zero attached hydrogens (tertiary/aromatic N) is 1. The highest BCUT2D eigenvalue weighted by molar-refractivity contribution is 5.97. The van der Waals surface area contributed by atoms with Gasteiger partial charge in [-0.3, -0.25) is 9.89 Å². The molecular weight excluding hydrogens is 230 g/mol. The second-order valence-electron chi connectivity index (χ2n) is 4.69. The van der Waals surface area contributed by atoms with Gasteiger partial charge in [0.2, 0.25) is 0 Å². The van der Waals surface area contributed by atoms with Crippen LogP contribution < -0.4 is 5.32 Å². The number of hydrogen-bond donors (Lipinski definition) is 3. The summed E-state index contributed by atoms with van der Waals surface area (Å²) in [6.07, 6.45) is 1.15. The molecule has 96 valence electrons. The first-order chi connectivity index (χ1) is 8.58. The van der Waals surface area contributed by atoms with Gasteiger partial charge in [0.15, 0.2) is 0 Å². The van der Waals surface area contributed by atoms with Crippen molar-refractivity contribution in [2.24, 2.45) is 5.92 Å². The van der Waals surface area contributed by atoms with Gasteiger partial charge in [0.05, 0.1) is 17.8 Å². The summed E-state index contributed by atoms with van der Waals surface area (Å²) in [6, 6.07) is 5.32. The fourth-order valence-corrected chi connectivity index (χ4v) is 1.62. The van der Waals surface area contributed by atoms with E-state index in [1.807, 2.05) is 19.9 Å². The van der Waals surface area contributed by atoms with Gasteiger partial charge in [0.25, 0.3) is 5.91 Å². The molecule has 5 heteroatoms. The minimum Gasteiger partial charge on any atom is -0.391 e. The summed E-state index contributed by atoms with van der Waals surface area (Å²) in [7, 11) is 0. The van der Waals surface area contributed by atoms with Crippen molar-refractivity contribution >= 4 is 16.8 Å². The Bertz CT molecular complexity index is 548. The van der Waals surface area contributed by atoms with Crippen LogP contribution in [0.2, 0.25) is 0 Å². The highest BCUT2D eigenvalue weighted by Crippen LogP contribution is 2.12. The molecule has 3 N–H and O–H groups in total. The van der Waals surface area contributed by atoms with E-state index in [1.54, 1.807) is 18.3 Å². The SMILES string of the molecule is CC(C)C(O)CNC(=O)c1ccc2[nH]ncc2c1. The van der Waals surface area contributed by atoms with Crippen LogP contribution in [0.15, 0.2) is 24.4 Å². The van der Waals surface area contributed by atoms with Crippen LogP contribution in [-0.2, 0) is 0 Å². The molecule has 2 rings (SSSR count). The van der Waals surface area contributed by atoms with Crippen LogP contribution in [0.3, 0.4) is 0 Å². The maximum Gasteiger partial charge on any atom is 0.251 e. The lowest BCUT2D eigenvalue weighted by molar-refractivity contribution is 0.0872. The largest absolute Gasteiger partial charge is 0.391 e. The molecule has 18 heavy (non-hydrogen) atoms. The Morgan fingerprint density at radius 2 is 2.28 bits per heavy atom. The van der Waals surface area contributed by atoms with E-state index in [0.29, 0.717) is 5.56 Å². The van der Waals surface area contributed by atoms with Crippen molar-refractivity contribution in [3.05, 3.63) is 30.0 Å². The number of aromatic amines is 1. The van der Waals surface area contributed by atoms with E-state index >= 15 is 0 Å². The number of H-pyrrole nitrogens is 1. The zero-order chi connectivity index (χ0) is 13.1. The molecule has 1 amide bonds. The van der Waals surface area contributed by atoms with Crippen molar-refractivity contribution < 1.29 is 9.90 Å².